The molecule has 34 heavy (non-hydrogen) atoms. The van der Waals surface area contributed by atoms with E-state index in [-0.39, 0.29) is 16.3 Å². The molecule has 2 heterocycles. The minimum Gasteiger partial charge on any atom is -0.357 e. The second kappa shape index (κ2) is 9.72. The van der Waals surface area contributed by atoms with Gasteiger partial charge in [0.2, 0.25) is 0 Å². The fourth-order valence-corrected chi connectivity index (χ4v) is 3.89. The van der Waals surface area contributed by atoms with Crippen molar-refractivity contribution < 1.29 is 0 Å². The Bertz CT molecular complexity index is 1530. The molecule has 0 fully saturated rings. The molecule has 3 rings (SSSR count). The van der Waals surface area contributed by atoms with Crippen LogP contribution in [0.1, 0.15) is 63.9 Å². The SMILES string of the molecule is C=CC(C)(C)c1[nH]c2c(CC=C(C)C)cc(CC=C(C)C)cc2c1/C=c1\[nH]c(=O)c(=C)[nH]c1=O. The summed E-state index contributed by atoms with van der Waals surface area (Å²) in [6.45, 7) is 20.2. The third-order valence-corrected chi connectivity index (χ3v) is 6.04. The highest BCUT2D eigenvalue weighted by Gasteiger charge is 2.24. The first kappa shape index (κ1) is 25.0. The molecule has 3 aromatic rings. The van der Waals surface area contributed by atoms with E-state index in [4.69, 9.17) is 0 Å². The maximum atomic E-state index is 12.6. The van der Waals surface area contributed by atoms with Crippen LogP contribution in [0, 0.1) is 0 Å². The van der Waals surface area contributed by atoms with Crippen molar-refractivity contribution in [1.29, 1.82) is 0 Å². The molecule has 0 aliphatic carbocycles. The maximum absolute atomic E-state index is 12.6. The van der Waals surface area contributed by atoms with Crippen LogP contribution in [-0.2, 0) is 18.3 Å². The zero-order valence-corrected chi connectivity index (χ0v) is 21.1. The Hall–Kier alpha value is -3.60. The van der Waals surface area contributed by atoms with Crippen molar-refractivity contribution in [2.75, 3.05) is 0 Å². The van der Waals surface area contributed by atoms with Gasteiger partial charge in [-0.3, -0.25) is 9.59 Å². The Kier molecular flexibility index (Phi) is 7.15. The summed E-state index contributed by atoms with van der Waals surface area (Å²) >= 11 is 0. The summed E-state index contributed by atoms with van der Waals surface area (Å²) in [5.74, 6) is 0. The average Bonchev–Trinajstić information content (AvgIpc) is 3.13. The fraction of sp³-hybridized carbons (Fsp3) is 0.310. The molecule has 1 aromatic carbocycles. The molecule has 0 bridgehead atoms. The van der Waals surface area contributed by atoms with Crippen molar-refractivity contribution in [2.24, 2.45) is 0 Å². The molecule has 0 saturated heterocycles. The number of hydrogen-bond acceptors (Lipinski definition) is 2. The fourth-order valence-electron chi connectivity index (χ4n) is 3.89. The van der Waals surface area contributed by atoms with Gasteiger partial charge in [-0.25, -0.2) is 0 Å². The van der Waals surface area contributed by atoms with Gasteiger partial charge in [-0.2, -0.15) is 0 Å². The van der Waals surface area contributed by atoms with Crippen molar-refractivity contribution in [3.05, 3.63) is 102 Å². The molecule has 0 atom stereocenters. The predicted molar refractivity (Wildman–Crippen MR) is 144 cm³/mol. The van der Waals surface area contributed by atoms with E-state index in [1.165, 1.54) is 22.3 Å². The number of rotatable bonds is 7. The lowest BCUT2D eigenvalue weighted by Crippen LogP contribution is -2.46. The monoisotopic (exact) mass is 457 g/mol. The number of H-pyrrole nitrogens is 3. The third kappa shape index (κ3) is 5.30. The molecule has 5 heteroatoms. The molecule has 178 valence electrons. The van der Waals surface area contributed by atoms with Gasteiger partial charge in [-0.1, -0.05) is 55.9 Å². The lowest BCUT2D eigenvalue weighted by molar-refractivity contribution is 0.650. The minimum atomic E-state index is -0.413. The van der Waals surface area contributed by atoms with Crippen molar-refractivity contribution in [2.45, 2.75) is 59.8 Å². The van der Waals surface area contributed by atoms with Crippen LogP contribution >= 0.6 is 0 Å². The van der Waals surface area contributed by atoms with Gasteiger partial charge in [-0.15, -0.1) is 6.58 Å². The summed E-state index contributed by atoms with van der Waals surface area (Å²) in [7, 11) is 0. The van der Waals surface area contributed by atoms with Crippen LogP contribution in [0.3, 0.4) is 0 Å². The number of aromatic nitrogens is 3. The van der Waals surface area contributed by atoms with E-state index in [2.05, 4.69) is 93.9 Å². The van der Waals surface area contributed by atoms with Crippen LogP contribution in [-0.4, -0.2) is 15.0 Å². The molecule has 0 aliphatic heterocycles. The quantitative estimate of drug-likeness (QED) is 0.463. The van der Waals surface area contributed by atoms with Crippen LogP contribution in [0.25, 0.3) is 23.6 Å². The third-order valence-electron chi connectivity index (χ3n) is 6.04. The van der Waals surface area contributed by atoms with Crippen LogP contribution in [0.2, 0.25) is 0 Å². The summed E-state index contributed by atoms with van der Waals surface area (Å²) in [5, 5.41) is 1.25. The maximum Gasteiger partial charge on any atom is 0.272 e. The van der Waals surface area contributed by atoms with Crippen molar-refractivity contribution in [3.63, 3.8) is 0 Å². The van der Waals surface area contributed by atoms with Gasteiger partial charge >= 0.3 is 0 Å². The molecule has 0 spiro atoms. The smallest absolute Gasteiger partial charge is 0.272 e. The molecule has 3 N–H and O–H groups in total. The highest BCUT2D eigenvalue weighted by Crippen LogP contribution is 2.35. The van der Waals surface area contributed by atoms with Gasteiger partial charge in [0.25, 0.3) is 11.1 Å². The molecule has 2 aromatic heterocycles. The van der Waals surface area contributed by atoms with Gasteiger partial charge < -0.3 is 15.0 Å². The van der Waals surface area contributed by atoms with Crippen LogP contribution < -0.4 is 21.8 Å². The number of aromatic amines is 3. The Balaban J connectivity index is 2.46. The Morgan fingerprint density at radius 1 is 0.941 bits per heavy atom. The second-order valence-corrected chi connectivity index (χ2v) is 9.93. The molecular formula is C29H35N3O2. The number of benzene rings is 1. The lowest BCUT2D eigenvalue weighted by Gasteiger charge is -2.19. The number of nitrogens with one attached hydrogen (secondary N) is 3. The first-order valence-corrected chi connectivity index (χ1v) is 11.5. The highest BCUT2D eigenvalue weighted by molar-refractivity contribution is 5.94. The van der Waals surface area contributed by atoms with Crippen LogP contribution in [0.5, 0.6) is 0 Å². The van der Waals surface area contributed by atoms with E-state index in [0.29, 0.717) is 0 Å². The molecule has 0 amide bonds. The summed E-state index contributed by atoms with van der Waals surface area (Å²) < 4.78 is 0. The lowest BCUT2D eigenvalue weighted by atomic mass is 9.86. The molecule has 0 saturated carbocycles. The van der Waals surface area contributed by atoms with E-state index < -0.39 is 11.0 Å². The van der Waals surface area contributed by atoms with E-state index in [1.54, 1.807) is 6.08 Å². The summed E-state index contributed by atoms with van der Waals surface area (Å²) in [6, 6.07) is 4.42. The van der Waals surface area contributed by atoms with E-state index in [0.717, 1.165) is 35.0 Å². The molecule has 0 unspecified atom stereocenters. The van der Waals surface area contributed by atoms with Gasteiger partial charge in [0.05, 0.1) is 5.35 Å². The van der Waals surface area contributed by atoms with Crippen LogP contribution in [0.15, 0.2) is 57.7 Å². The zero-order valence-electron chi connectivity index (χ0n) is 21.1. The second-order valence-electron chi connectivity index (χ2n) is 9.93. The predicted octanol–water partition coefficient (Wildman–Crippen LogP) is 4.26. The summed E-state index contributed by atoms with van der Waals surface area (Å²) in [4.78, 5) is 33.7. The van der Waals surface area contributed by atoms with Gasteiger partial charge in [0, 0.05) is 27.6 Å². The molecule has 0 aliphatic rings. The summed E-state index contributed by atoms with van der Waals surface area (Å²) in [5.41, 5.74) is 6.55. The van der Waals surface area contributed by atoms with Gasteiger partial charge in [0.15, 0.2) is 0 Å². The Morgan fingerprint density at radius 2 is 1.59 bits per heavy atom. The van der Waals surface area contributed by atoms with Crippen molar-refractivity contribution in [3.8, 4) is 0 Å². The van der Waals surface area contributed by atoms with E-state index in [9.17, 15) is 9.59 Å². The number of hydrogen-bond donors (Lipinski definition) is 3. The number of allylic oxidation sites excluding steroid dienone is 5. The van der Waals surface area contributed by atoms with Crippen molar-refractivity contribution in [1.82, 2.24) is 15.0 Å². The Labute approximate surface area is 200 Å². The Morgan fingerprint density at radius 3 is 2.21 bits per heavy atom. The van der Waals surface area contributed by atoms with Crippen molar-refractivity contribution >= 4 is 23.6 Å². The first-order valence-electron chi connectivity index (χ1n) is 11.5. The molecular weight excluding hydrogens is 422 g/mol. The van der Waals surface area contributed by atoms with Gasteiger partial charge in [0.1, 0.15) is 5.35 Å². The normalized spacial score (nSPS) is 12.1. The largest absolute Gasteiger partial charge is 0.357 e. The van der Waals surface area contributed by atoms with Crippen LogP contribution in [0.4, 0.5) is 0 Å². The number of fused-ring (bicyclic) bond motifs is 1. The van der Waals surface area contributed by atoms with E-state index in [1.807, 2.05) is 6.08 Å². The topological polar surface area (TPSA) is 81.5 Å². The molecule has 0 radical (unpaired) electrons. The van der Waals surface area contributed by atoms with Gasteiger partial charge in [-0.05, 0) is 63.8 Å². The summed E-state index contributed by atoms with van der Waals surface area (Å²) in [6.07, 6.45) is 9.69. The zero-order chi connectivity index (χ0) is 25.2. The minimum absolute atomic E-state index is 0.0424. The van der Waals surface area contributed by atoms with E-state index >= 15 is 0 Å². The standard InChI is InChI=1S/C29H35N3O2/c1-9-29(7,8)26-23(16-24-28(34)30-19(6)27(33)31-24)22-15-20(12-10-17(2)3)14-21(25(22)32-26)13-11-18(4)5/h9-11,14-16,32H,1,6,12-13H2,2-5,7-8H3,(H,30,34)(H,31,33)/b24-16-. The average molecular weight is 458 g/mol. The first-order chi connectivity index (χ1) is 15.9. The highest BCUT2D eigenvalue weighted by atomic mass is 16.1. The molecule has 5 nitrogen and oxygen atoms in total.